The van der Waals surface area contributed by atoms with Crippen molar-refractivity contribution in [2.24, 2.45) is 0 Å². The molecule has 4 nitrogen and oxygen atoms in total. The molecular weight excluding hydrogens is 369 g/mol. The largest absolute Gasteiger partial charge is 0.279 e. The number of sulfonamides is 1. The number of hydrogen-bond acceptors (Lipinski definition) is 3. The van der Waals surface area contributed by atoms with Crippen molar-refractivity contribution in [2.45, 2.75) is 31.7 Å². The summed E-state index contributed by atoms with van der Waals surface area (Å²) < 4.78 is 27.2. The third kappa shape index (κ3) is 3.91. The maximum Gasteiger partial charge on any atom is 0.265 e. The van der Waals surface area contributed by atoms with Gasteiger partial charge in [-0.2, -0.15) is 0 Å². The Morgan fingerprint density at radius 3 is 2.00 bits per heavy atom. The zero-order valence-electron chi connectivity index (χ0n) is 13.5. The van der Waals surface area contributed by atoms with Crippen molar-refractivity contribution in [1.82, 2.24) is 0 Å². The number of rotatable bonds is 5. The summed E-state index contributed by atoms with van der Waals surface area (Å²) >= 11 is 11.4. The zero-order chi connectivity index (χ0) is 18.1. The van der Waals surface area contributed by atoms with Crippen LogP contribution in [0.3, 0.4) is 0 Å². The van der Waals surface area contributed by atoms with E-state index in [0.717, 1.165) is 15.4 Å². The highest BCUT2D eigenvalue weighted by molar-refractivity contribution is 7.93. The van der Waals surface area contributed by atoms with E-state index in [1.807, 2.05) is 19.9 Å². The molecule has 128 valence electrons. The molecule has 2 aromatic rings. The molecule has 0 aromatic heterocycles. The van der Waals surface area contributed by atoms with Gasteiger partial charge in [0.2, 0.25) is 5.24 Å². The van der Waals surface area contributed by atoms with Crippen LogP contribution in [0.15, 0.2) is 47.4 Å². The van der Waals surface area contributed by atoms with Gasteiger partial charge in [-0.05, 0) is 79.9 Å². The topological polar surface area (TPSA) is 54.5 Å². The van der Waals surface area contributed by atoms with Crippen LogP contribution in [-0.2, 0) is 14.8 Å². The quantitative estimate of drug-likeness (QED) is 0.720. The van der Waals surface area contributed by atoms with Gasteiger partial charge in [0.1, 0.15) is 6.04 Å². The molecule has 2 aromatic carbocycles. The molecular formula is C17H17Cl2NO3S. The predicted molar refractivity (Wildman–Crippen MR) is 97.4 cm³/mol. The summed E-state index contributed by atoms with van der Waals surface area (Å²) in [5.41, 5.74) is 2.16. The van der Waals surface area contributed by atoms with Crippen LogP contribution in [0.4, 0.5) is 5.69 Å². The van der Waals surface area contributed by atoms with E-state index in [0.29, 0.717) is 10.7 Å². The number of nitrogens with zero attached hydrogens (tertiary/aromatic N) is 1. The number of halogens is 2. The first kappa shape index (κ1) is 18.8. The zero-order valence-corrected chi connectivity index (χ0v) is 15.8. The average Bonchev–Trinajstić information content (AvgIpc) is 2.46. The summed E-state index contributed by atoms with van der Waals surface area (Å²) in [6.45, 7) is 5.17. The molecule has 0 spiro atoms. The van der Waals surface area contributed by atoms with Gasteiger partial charge < -0.3 is 0 Å². The first-order valence-corrected chi connectivity index (χ1v) is 9.40. The van der Waals surface area contributed by atoms with Gasteiger partial charge in [0.25, 0.3) is 10.0 Å². The number of hydrogen-bond donors (Lipinski definition) is 0. The van der Waals surface area contributed by atoms with E-state index in [-0.39, 0.29) is 4.90 Å². The summed E-state index contributed by atoms with van der Waals surface area (Å²) in [5.74, 6) is 0. The van der Waals surface area contributed by atoms with Crippen LogP contribution in [0.25, 0.3) is 0 Å². The highest BCUT2D eigenvalue weighted by Crippen LogP contribution is 2.29. The van der Waals surface area contributed by atoms with Gasteiger partial charge in [-0.25, -0.2) is 8.42 Å². The lowest BCUT2D eigenvalue weighted by Gasteiger charge is -2.29. The third-order valence-electron chi connectivity index (χ3n) is 3.51. The van der Waals surface area contributed by atoms with Crippen molar-refractivity contribution in [3.8, 4) is 0 Å². The molecule has 0 aliphatic rings. The maximum absolute atomic E-state index is 13.1. The van der Waals surface area contributed by atoms with Gasteiger partial charge in [0.05, 0.1) is 10.6 Å². The highest BCUT2D eigenvalue weighted by atomic mass is 35.5. The molecule has 2 rings (SSSR count). The molecule has 0 bridgehead atoms. The number of carbonyl (C=O) groups excluding carboxylic acids is 1. The first-order valence-electron chi connectivity index (χ1n) is 7.20. The fourth-order valence-corrected chi connectivity index (χ4v) is 4.34. The Hall–Kier alpha value is -1.56. The lowest BCUT2D eigenvalue weighted by molar-refractivity contribution is -0.112. The summed E-state index contributed by atoms with van der Waals surface area (Å²) in [6.07, 6.45) is 0. The van der Waals surface area contributed by atoms with Crippen LogP contribution in [0.1, 0.15) is 18.1 Å². The molecule has 0 amide bonds. The Morgan fingerprint density at radius 2 is 1.54 bits per heavy atom. The number of carbonyl (C=O) groups is 1. The van der Waals surface area contributed by atoms with E-state index in [1.54, 1.807) is 12.1 Å². The second-order valence-corrected chi connectivity index (χ2v) is 8.20. The summed E-state index contributed by atoms with van der Waals surface area (Å²) in [5, 5.41) is -0.333. The van der Waals surface area contributed by atoms with E-state index in [9.17, 15) is 13.2 Å². The molecule has 0 heterocycles. The fraction of sp³-hybridized carbons (Fsp3) is 0.235. The van der Waals surface area contributed by atoms with E-state index < -0.39 is 21.3 Å². The maximum atomic E-state index is 13.1. The number of anilines is 1. The van der Waals surface area contributed by atoms with Crippen LogP contribution < -0.4 is 4.31 Å². The van der Waals surface area contributed by atoms with Crippen molar-refractivity contribution in [2.75, 3.05) is 4.31 Å². The Kier molecular flexibility index (Phi) is 5.58. The van der Waals surface area contributed by atoms with Crippen LogP contribution in [0.5, 0.6) is 0 Å². The molecule has 0 fully saturated rings. The predicted octanol–water partition coefficient (Wildman–Crippen LogP) is 4.31. The molecule has 0 aliphatic carbocycles. The molecule has 7 heteroatoms. The molecule has 0 radical (unpaired) electrons. The Bertz CT molecular complexity index is 844. The Balaban J connectivity index is 2.66. The standard InChI is InChI=1S/C17H17Cl2NO3S/c1-11-8-12(2)10-15(9-11)20(13(3)17(19)21)24(22,23)16-6-4-14(18)5-7-16/h4-10,13H,1-3H3. The molecule has 1 atom stereocenters. The van der Waals surface area contributed by atoms with Crippen LogP contribution >= 0.6 is 23.2 Å². The third-order valence-corrected chi connectivity index (χ3v) is 5.99. The minimum absolute atomic E-state index is 0.0378. The molecule has 0 N–H and O–H groups in total. The van der Waals surface area contributed by atoms with E-state index >= 15 is 0 Å². The highest BCUT2D eigenvalue weighted by Gasteiger charge is 2.32. The van der Waals surface area contributed by atoms with Crippen LogP contribution in [0, 0.1) is 13.8 Å². The molecule has 0 saturated heterocycles. The lowest BCUT2D eigenvalue weighted by Crippen LogP contribution is -2.42. The molecule has 0 saturated carbocycles. The summed E-state index contributed by atoms with van der Waals surface area (Å²) in [4.78, 5) is 11.7. The Labute approximate surface area is 152 Å². The van der Waals surface area contributed by atoms with Crippen molar-refractivity contribution in [3.63, 3.8) is 0 Å². The van der Waals surface area contributed by atoms with Gasteiger partial charge in [0.15, 0.2) is 0 Å². The van der Waals surface area contributed by atoms with Crippen molar-refractivity contribution >= 4 is 44.2 Å². The monoisotopic (exact) mass is 385 g/mol. The minimum atomic E-state index is -3.98. The summed E-state index contributed by atoms with van der Waals surface area (Å²) in [6, 6.07) is 10.1. The smallest absolute Gasteiger partial charge is 0.265 e. The van der Waals surface area contributed by atoms with Gasteiger partial charge >= 0.3 is 0 Å². The fourth-order valence-electron chi connectivity index (χ4n) is 2.46. The van der Waals surface area contributed by atoms with E-state index in [1.165, 1.54) is 31.2 Å². The second kappa shape index (κ2) is 7.13. The van der Waals surface area contributed by atoms with Crippen LogP contribution in [0.2, 0.25) is 5.02 Å². The first-order chi connectivity index (χ1) is 11.1. The van der Waals surface area contributed by atoms with Crippen LogP contribution in [-0.4, -0.2) is 19.7 Å². The Morgan fingerprint density at radius 1 is 1.04 bits per heavy atom. The lowest BCUT2D eigenvalue weighted by atomic mass is 10.1. The van der Waals surface area contributed by atoms with Crippen molar-refractivity contribution in [3.05, 3.63) is 58.6 Å². The number of benzene rings is 2. The number of aryl methyl sites for hydroxylation is 2. The second-order valence-electron chi connectivity index (χ2n) is 5.58. The molecule has 0 aliphatic heterocycles. The van der Waals surface area contributed by atoms with Gasteiger partial charge in [-0.1, -0.05) is 17.7 Å². The average molecular weight is 386 g/mol. The van der Waals surface area contributed by atoms with Gasteiger partial charge in [0, 0.05) is 5.02 Å². The van der Waals surface area contributed by atoms with E-state index in [4.69, 9.17) is 23.2 Å². The van der Waals surface area contributed by atoms with Crippen molar-refractivity contribution in [1.29, 1.82) is 0 Å². The summed E-state index contributed by atoms with van der Waals surface area (Å²) in [7, 11) is -3.98. The minimum Gasteiger partial charge on any atom is -0.279 e. The van der Waals surface area contributed by atoms with Crippen molar-refractivity contribution < 1.29 is 13.2 Å². The molecule has 24 heavy (non-hydrogen) atoms. The van der Waals surface area contributed by atoms with Gasteiger partial charge in [-0.15, -0.1) is 0 Å². The SMILES string of the molecule is Cc1cc(C)cc(N(C(C)C(=O)Cl)S(=O)(=O)c2ccc(Cl)cc2)c1. The van der Waals surface area contributed by atoms with Gasteiger partial charge in [-0.3, -0.25) is 9.10 Å². The molecule has 1 unspecified atom stereocenters. The van der Waals surface area contributed by atoms with E-state index in [2.05, 4.69) is 0 Å². The normalized spacial score (nSPS) is 12.7.